The zero-order chi connectivity index (χ0) is 22.0. The van der Waals surface area contributed by atoms with E-state index >= 15 is 0 Å². The minimum absolute atomic E-state index is 0.00587. The number of fused-ring (bicyclic) bond motifs is 1. The van der Waals surface area contributed by atoms with Crippen molar-refractivity contribution in [1.29, 1.82) is 0 Å². The topological polar surface area (TPSA) is 116 Å². The molecule has 160 valence electrons. The van der Waals surface area contributed by atoms with Gasteiger partial charge in [0, 0.05) is 19.4 Å². The van der Waals surface area contributed by atoms with Gasteiger partial charge in [-0.1, -0.05) is 0 Å². The van der Waals surface area contributed by atoms with Crippen LogP contribution in [-0.2, 0) is 14.3 Å². The molecule has 0 bridgehead atoms. The predicted molar refractivity (Wildman–Crippen MR) is 121 cm³/mol. The molecule has 1 atom stereocenters. The van der Waals surface area contributed by atoms with E-state index in [1.54, 1.807) is 25.4 Å². The molecular formula is C19H19BIN5O5. The van der Waals surface area contributed by atoms with Gasteiger partial charge in [0.2, 0.25) is 5.68 Å². The monoisotopic (exact) mass is 535 g/mol. The third-order valence-corrected chi connectivity index (χ3v) is 5.58. The number of aromatic nitrogens is 3. The second-order valence-corrected chi connectivity index (χ2v) is 8.18. The number of hydrogen-bond acceptors (Lipinski definition) is 9. The highest BCUT2D eigenvalue weighted by atomic mass is 127. The second-order valence-electron chi connectivity index (χ2n) is 7.00. The van der Waals surface area contributed by atoms with Crippen molar-refractivity contribution in [3.05, 3.63) is 41.6 Å². The summed E-state index contributed by atoms with van der Waals surface area (Å²) in [5.41, 5.74) is 1.18. The molecule has 1 saturated heterocycles. The predicted octanol–water partition coefficient (Wildman–Crippen LogP) is 1.41. The number of hydrogen-bond donors (Lipinski definition) is 0. The maximum absolute atomic E-state index is 12.9. The molecule has 4 rings (SSSR count). The fraction of sp³-hybridized carbons (Fsp3) is 0.368. The number of carbonyl (C=O) groups is 2. The highest BCUT2D eigenvalue weighted by Gasteiger charge is 2.31. The number of pyridine rings is 1. The molecule has 1 fully saturated rings. The Kier molecular flexibility index (Phi) is 6.58. The molecule has 1 amide bonds. The van der Waals surface area contributed by atoms with Gasteiger partial charge in [0.05, 0.1) is 25.5 Å². The highest BCUT2D eigenvalue weighted by molar-refractivity contribution is 14.1. The van der Waals surface area contributed by atoms with Crippen molar-refractivity contribution < 1.29 is 23.8 Å². The number of anilines is 1. The van der Waals surface area contributed by atoms with Crippen LogP contribution in [0.5, 0.6) is 5.75 Å². The molecule has 10 nitrogen and oxygen atoms in total. The van der Waals surface area contributed by atoms with Crippen LogP contribution in [0, 0.1) is 6.92 Å². The lowest BCUT2D eigenvalue weighted by Crippen LogP contribution is -2.36. The van der Waals surface area contributed by atoms with Crippen LogP contribution in [0.15, 0.2) is 29.4 Å². The Morgan fingerprint density at radius 1 is 1.35 bits per heavy atom. The van der Waals surface area contributed by atoms with Crippen molar-refractivity contribution in [2.45, 2.75) is 13.0 Å². The van der Waals surface area contributed by atoms with Gasteiger partial charge in [-0.3, -0.25) is 14.5 Å². The van der Waals surface area contributed by atoms with Crippen LogP contribution >= 0.6 is 22.4 Å². The van der Waals surface area contributed by atoms with E-state index in [2.05, 4.69) is 19.9 Å². The minimum Gasteiger partial charge on any atom is -0.483 e. The maximum atomic E-state index is 12.9. The lowest BCUT2D eigenvalue weighted by Gasteiger charge is -2.22. The molecule has 1 unspecified atom stereocenters. The van der Waals surface area contributed by atoms with E-state index in [1.165, 1.54) is 11.1 Å². The number of ether oxygens (including phenoxy) is 3. The summed E-state index contributed by atoms with van der Waals surface area (Å²) >= 11 is 1.86. The zero-order valence-corrected chi connectivity index (χ0v) is 19.1. The molecule has 0 saturated carbocycles. The van der Waals surface area contributed by atoms with Crippen LogP contribution in [0.25, 0.3) is 0 Å². The number of nitrogens with zero attached hydrogens (tertiary/aromatic N) is 5. The lowest BCUT2D eigenvalue weighted by molar-refractivity contribution is -0.112. The Morgan fingerprint density at radius 3 is 2.97 bits per heavy atom. The van der Waals surface area contributed by atoms with Gasteiger partial charge in [-0.25, -0.2) is 15.0 Å². The second kappa shape index (κ2) is 9.36. The van der Waals surface area contributed by atoms with Crippen LogP contribution < -0.4 is 9.64 Å². The van der Waals surface area contributed by atoms with Crippen molar-refractivity contribution in [2.24, 2.45) is 4.90 Å². The summed E-state index contributed by atoms with van der Waals surface area (Å²) in [6.07, 6.45) is 2.81. The van der Waals surface area contributed by atoms with Crippen LogP contribution in [0.4, 0.5) is 5.82 Å². The van der Waals surface area contributed by atoms with Gasteiger partial charge in [0.1, 0.15) is 18.4 Å². The molecule has 0 radical (unpaired) electrons. The third-order valence-electron chi connectivity index (χ3n) is 4.73. The van der Waals surface area contributed by atoms with Crippen molar-refractivity contribution in [2.75, 3.05) is 38.4 Å². The molecule has 2 aliphatic rings. The molecule has 2 aromatic rings. The van der Waals surface area contributed by atoms with Crippen molar-refractivity contribution in [1.82, 2.24) is 15.0 Å². The van der Waals surface area contributed by atoms with Crippen LogP contribution in [0.1, 0.15) is 28.0 Å². The molecule has 2 aliphatic heterocycles. The summed E-state index contributed by atoms with van der Waals surface area (Å²) < 4.78 is 15.9. The lowest BCUT2D eigenvalue weighted by atomic mass is 9.87. The molecule has 2 aromatic heterocycles. The van der Waals surface area contributed by atoms with Crippen LogP contribution in [0.3, 0.4) is 0 Å². The summed E-state index contributed by atoms with van der Waals surface area (Å²) in [6.45, 7) is 3.18. The van der Waals surface area contributed by atoms with Gasteiger partial charge in [0.25, 0.3) is 5.91 Å². The molecular weight excluding hydrogens is 516 g/mol. The number of amides is 1. The van der Waals surface area contributed by atoms with Gasteiger partial charge in [-0.05, 0) is 24.6 Å². The van der Waals surface area contributed by atoms with E-state index < -0.39 is 10.4 Å². The molecule has 0 N–H and O–H groups in total. The first-order chi connectivity index (χ1) is 14.9. The average molecular weight is 535 g/mol. The molecule has 0 aliphatic carbocycles. The van der Waals surface area contributed by atoms with Crippen LogP contribution in [-0.4, -0.2) is 70.4 Å². The first kappa shape index (κ1) is 21.8. The van der Waals surface area contributed by atoms with E-state index in [0.717, 1.165) is 5.56 Å². The minimum atomic E-state index is -0.900. The largest absolute Gasteiger partial charge is 0.483 e. The standard InChI is InChI=1S/C19H19BIN5O5/c1-11-7-14-18(23-8-11)26(2)19(28)13(9-31-14)25-20(21)16(27)17-22-4-3-12(24-17)15-10-29-5-6-30-15/h3-4,7-8,15H,5-6,9-10H2,1-2H3. The quantitative estimate of drug-likeness (QED) is 0.427. The van der Waals surface area contributed by atoms with Gasteiger partial charge in [-0.2, -0.15) is 0 Å². The number of aryl methyl sites for hydroxylation is 1. The van der Waals surface area contributed by atoms with E-state index in [1.807, 2.05) is 29.3 Å². The third kappa shape index (κ3) is 4.75. The Balaban J connectivity index is 1.54. The van der Waals surface area contributed by atoms with Crippen LogP contribution in [0.2, 0.25) is 0 Å². The zero-order valence-electron chi connectivity index (χ0n) is 16.9. The molecule has 12 heteroatoms. The summed E-state index contributed by atoms with van der Waals surface area (Å²) in [4.78, 5) is 44.1. The summed E-state index contributed by atoms with van der Waals surface area (Å²) in [7, 11) is 1.59. The Labute approximate surface area is 192 Å². The molecule has 0 spiro atoms. The van der Waals surface area contributed by atoms with Gasteiger partial charge in [-0.15, -0.1) is 22.4 Å². The first-order valence-electron chi connectivity index (χ1n) is 9.59. The van der Waals surface area contributed by atoms with E-state index in [4.69, 9.17) is 14.2 Å². The summed E-state index contributed by atoms with van der Waals surface area (Å²) in [6, 6.07) is 3.49. The summed E-state index contributed by atoms with van der Waals surface area (Å²) in [5.74, 6) is 0.518. The van der Waals surface area contributed by atoms with E-state index in [0.29, 0.717) is 37.1 Å². The fourth-order valence-corrected chi connectivity index (χ4v) is 3.73. The van der Waals surface area contributed by atoms with E-state index in [-0.39, 0.29) is 30.2 Å². The molecule has 31 heavy (non-hydrogen) atoms. The smallest absolute Gasteiger partial charge is 0.431 e. The Morgan fingerprint density at radius 2 is 2.19 bits per heavy atom. The average Bonchev–Trinajstić information content (AvgIpc) is 2.91. The fourth-order valence-electron chi connectivity index (χ4n) is 3.11. The van der Waals surface area contributed by atoms with E-state index in [9.17, 15) is 9.59 Å². The highest BCUT2D eigenvalue weighted by Crippen LogP contribution is 2.28. The Hall–Kier alpha value is -2.45. The number of rotatable bonds is 4. The number of halogens is 1. The van der Waals surface area contributed by atoms with Crippen molar-refractivity contribution in [3.63, 3.8) is 0 Å². The van der Waals surface area contributed by atoms with Crippen molar-refractivity contribution in [3.8, 4) is 5.75 Å². The van der Waals surface area contributed by atoms with Gasteiger partial charge in [0.15, 0.2) is 17.4 Å². The Bertz CT molecular complexity index is 1050. The van der Waals surface area contributed by atoms with Crippen molar-refractivity contribution >= 4 is 50.2 Å². The van der Waals surface area contributed by atoms with Gasteiger partial charge < -0.3 is 19.1 Å². The molecule has 0 aromatic carbocycles. The normalized spacial score (nSPS) is 20.1. The number of carbonyl (C=O) groups excluding carboxylic acids is 2. The SMILES string of the molecule is Cc1cnc2c(c1)OCC(=NB(I)C(=O)c1nccc(C3COCCO3)n1)C(=O)N2C. The summed E-state index contributed by atoms with van der Waals surface area (Å²) in [5, 5.41) is 0. The molecule has 4 heterocycles. The maximum Gasteiger partial charge on any atom is 0.431 e. The first-order valence-corrected chi connectivity index (χ1v) is 10.8. The van der Waals surface area contributed by atoms with Gasteiger partial charge >= 0.3 is 4.70 Å².